The van der Waals surface area contributed by atoms with E-state index in [0.717, 1.165) is 0 Å². The molecule has 1 N–H and O–H groups in total. The standard InChI is InChI=1S/C8H17NO4S2/c1-14(10,11)5-3-9-6-8-2-4-15(12,13)7-8/h8-9H,2-7H2,1H3. The molecule has 7 heteroatoms. The highest BCUT2D eigenvalue weighted by atomic mass is 32.2. The molecule has 0 aromatic heterocycles. The van der Waals surface area contributed by atoms with Gasteiger partial charge in [-0.15, -0.1) is 0 Å². The van der Waals surface area contributed by atoms with E-state index in [0.29, 0.717) is 19.5 Å². The van der Waals surface area contributed by atoms with Crippen LogP contribution in [0, 0.1) is 5.92 Å². The summed E-state index contributed by atoms with van der Waals surface area (Å²) >= 11 is 0. The van der Waals surface area contributed by atoms with E-state index in [2.05, 4.69) is 5.32 Å². The molecule has 1 unspecified atom stereocenters. The van der Waals surface area contributed by atoms with Crippen molar-refractivity contribution in [1.82, 2.24) is 5.32 Å². The van der Waals surface area contributed by atoms with Crippen LogP contribution in [0.5, 0.6) is 0 Å². The summed E-state index contributed by atoms with van der Waals surface area (Å²) in [4.78, 5) is 0. The van der Waals surface area contributed by atoms with Crippen LogP contribution < -0.4 is 5.32 Å². The molecule has 1 atom stereocenters. The van der Waals surface area contributed by atoms with Gasteiger partial charge in [-0.05, 0) is 18.9 Å². The number of rotatable bonds is 5. The molecule has 0 spiro atoms. The van der Waals surface area contributed by atoms with Crippen LogP contribution in [0.15, 0.2) is 0 Å². The number of nitrogens with one attached hydrogen (secondary N) is 1. The van der Waals surface area contributed by atoms with E-state index in [9.17, 15) is 16.8 Å². The van der Waals surface area contributed by atoms with Crippen LogP contribution in [0.25, 0.3) is 0 Å². The monoisotopic (exact) mass is 255 g/mol. The number of sulfone groups is 2. The molecule has 1 fully saturated rings. The first-order chi connectivity index (χ1) is 6.79. The normalized spacial score (nSPS) is 25.5. The molecule has 0 radical (unpaired) electrons. The SMILES string of the molecule is CS(=O)(=O)CCNCC1CCS(=O)(=O)C1. The fourth-order valence-corrected chi connectivity index (χ4v) is 3.97. The van der Waals surface area contributed by atoms with Crippen LogP contribution in [0.2, 0.25) is 0 Å². The van der Waals surface area contributed by atoms with Crippen molar-refractivity contribution in [2.75, 3.05) is 36.6 Å². The Morgan fingerprint density at radius 1 is 1.40 bits per heavy atom. The first-order valence-electron chi connectivity index (χ1n) is 4.87. The summed E-state index contributed by atoms with van der Waals surface area (Å²) < 4.78 is 43.8. The zero-order chi connectivity index (χ0) is 11.5. The summed E-state index contributed by atoms with van der Waals surface area (Å²) in [5.41, 5.74) is 0. The van der Waals surface area contributed by atoms with E-state index < -0.39 is 19.7 Å². The minimum absolute atomic E-state index is 0.104. The summed E-state index contributed by atoms with van der Waals surface area (Å²) in [7, 11) is -5.74. The Bertz CT molecular complexity index is 398. The van der Waals surface area contributed by atoms with Gasteiger partial charge in [0.2, 0.25) is 0 Å². The van der Waals surface area contributed by atoms with Gasteiger partial charge in [0.05, 0.1) is 17.3 Å². The van der Waals surface area contributed by atoms with Crippen molar-refractivity contribution in [2.24, 2.45) is 5.92 Å². The molecule has 1 heterocycles. The fraction of sp³-hybridized carbons (Fsp3) is 1.00. The molecule has 1 aliphatic rings. The molecule has 0 bridgehead atoms. The Morgan fingerprint density at radius 3 is 2.53 bits per heavy atom. The van der Waals surface area contributed by atoms with Crippen molar-refractivity contribution >= 4 is 19.7 Å². The lowest BCUT2D eigenvalue weighted by Gasteiger charge is -2.08. The molecule has 15 heavy (non-hydrogen) atoms. The maximum Gasteiger partial charge on any atom is 0.150 e. The molecule has 1 aliphatic heterocycles. The second-order valence-corrected chi connectivity index (χ2v) is 8.59. The Kier molecular flexibility index (Phi) is 4.13. The average Bonchev–Trinajstić information content (AvgIpc) is 2.38. The lowest BCUT2D eigenvalue weighted by molar-refractivity contribution is 0.529. The Hall–Kier alpha value is -0.140. The Balaban J connectivity index is 2.18. The summed E-state index contributed by atoms with van der Waals surface area (Å²) in [6.07, 6.45) is 1.88. The minimum atomic E-state index is -2.92. The highest BCUT2D eigenvalue weighted by Crippen LogP contribution is 2.17. The van der Waals surface area contributed by atoms with Gasteiger partial charge in [0, 0.05) is 12.8 Å². The average molecular weight is 255 g/mol. The molecule has 0 saturated carbocycles. The summed E-state index contributed by atoms with van der Waals surface area (Å²) in [5, 5.41) is 2.98. The lowest BCUT2D eigenvalue weighted by Crippen LogP contribution is -2.28. The van der Waals surface area contributed by atoms with Crippen LogP contribution in [-0.2, 0) is 19.7 Å². The predicted octanol–water partition coefficient (Wildman–Crippen LogP) is -0.945. The summed E-state index contributed by atoms with van der Waals surface area (Å²) in [6, 6.07) is 0. The molecular formula is C8H17NO4S2. The van der Waals surface area contributed by atoms with Gasteiger partial charge in [-0.1, -0.05) is 0 Å². The fourth-order valence-electron chi connectivity index (χ4n) is 1.60. The molecule has 0 aromatic carbocycles. The van der Waals surface area contributed by atoms with Crippen molar-refractivity contribution in [3.63, 3.8) is 0 Å². The molecule has 1 saturated heterocycles. The third-order valence-corrected chi connectivity index (χ3v) is 5.19. The molecule has 0 aromatic rings. The van der Waals surface area contributed by atoms with E-state index in [1.807, 2.05) is 0 Å². The van der Waals surface area contributed by atoms with Crippen LogP contribution in [-0.4, -0.2) is 53.4 Å². The second-order valence-electron chi connectivity index (χ2n) is 4.10. The van der Waals surface area contributed by atoms with E-state index >= 15 is 0 Å². The Morgan fingerprint density at radius 2 is 2.07 bits per heavy atom. The quantitative estimate of drug-likeness (QED) is 0.641. The van der Waals surface area contributed by atoms with Crippen LogP contribution in [0.1, 0.15) is 6.42 Å². The number of hydrogen-bond donors (Lipinski definition) is 1. The van der Waals surface area contributed by atoms with Gasteiger partial charge >= 0.3 is 0 Å². The Labute approximate surface area is 91.1 Å². The van der Waals surface area contributed by atoms with E-state index in [1.165, 1.54) is 6.26 Å². The maximum atomic E-state index is 11.1. The highest BCUT2D eigenvalue weighted by molar-refractivity contribution is 7.91. The molecular weight excluding hydrogens is 238 g/mol. The van der Waals surface area contributed by atoms with Gasteiger partial charge in [0.15, 0.2) is 9.84 Å². The van der Waals surface area contributed by atoms with Crippen molar-refractivity contribution in [1.29, 1.82) is 0 Å². The molecule has 0 amide bonds. The van der Waals surface area contributed by atoms with E-state index in [1.54, 1.807) is 0 Å². The molecule has 90 valence electrons. The van der Waals surface area contributed by atoms with Crippen LogP contribution in [0.4, 0.5) is 0 Å². The predicted molar refractivity (Wildman–Crippen MR) is 59.3 cm³/mol. The van der Waals surface area contributed by atoms with Gasteiger partial charge < -0.3 is 5.32 Å². The minimum Gasteiger partial charge on any atom is -0.315 e. The smallest absolute Gasteiger partial charge is 0.150 e. The van der Waals surface area contributed by atoms with Crippen molar-refractivity contribution in [2.45, 2.75) is 6.42 Å². The third-order valence-electron chi connectivity index (χ3n) is 2.41. The lowest BCUT2D eigenvalue weighted by atomic mass is 10.1. The third kappa shape index (κ3) is 5.48. The first kappa shape index (κ1) is 12.9. The molecule has 5 nitrogen and oxygen atoms in total. The molecule has 1 rings (SSSR count). The van der Waals surface area contributed by atoms with Gasteiger partial charge in [0.25, 0.3) is 0 Å². The summed E-state index contributed by atoms with van der Waals surface area (Å²) in [5.74, 6) is 0.756. The van der Waals surface area contributed by atoms with Crippen LogP contribution >= 0.6 is 0 Å². The van der Waals surface area contributed by atoms with Crippen LogP contribution in [0.3, 0.4) is 0 Å². The zero-order valence-corrected chi connectivity index (χ0v) is 10.4. The van der Waals surface area contributed by atoms with Crippen molar-refractivity contribution in [3.05, 3.63) is 0 Å². The number of hydrogen-bond acceptors (Lipinski definition) is 5. The second kappa shape index (κ2) is 4.80. The van der Waals surface area contributed by atoms with Crippen molar-refractivity contribution < 1.29 is 16.8 Å². The van der Waals surface area contributed by atoms with Gasteiger partial charge in [0.1, 0.15) is 9.84 Å². The zero-order valence-electron chi connectivity index (χ0n) is 8.77. The summed E-state index contributed by atoms with van der Waals surface area (Å²) in [6.45, 7) is 0.990. The molecule has 0 aliphatic carbocycles. The topological polar surface area (TPSA) is 80.3 Å². The maximum absolute atomic E-state index is 11.1. The largest absolute Gasteiger partial charge is 0.315 e. The van der Waals surface area contributed by atoms with Gasteiger partial charge in [-0.25, -0.2) is 16.8 Å². The van der Waals surface area contributed by atoms with Gasteiger partial charge in [-0.2, -0.15) is 0 Å². The van der Waals surface area contributed by atoms with E-state index in [-0.39, 0.29) is 23.2 Å². The van der Waals surface area contributed by atoms with Gasteiger partial charge in [-0.3, -0.25) is 0 Å². The first-order valence-corrected chi connectivity index (χ1v) is 8.75. The van der Waals surface area contributed by atoms with E-state index in [4.69, 9.17) is 0 Å². The highest BCUT2D eigenvalue weighted by Gasteiger charge is 2.27. The van der Waals surface area contributed by atoms with Crippen molar-refractivity contribution in [3.8, 4) is 0 Å².